The number of ether oxygens (including phenoxy) is 1. The first kappa shape index (κ1) is 18.1. The number of carbonyl (C=O) groups excluding carboxylic acids is 1. The number of aliphatic hydroxyl groups is 1. The Morgan fingerprint density at radius 3 is 1.96 bits per heavy atom. The second-order valence-corrected chi connectivity index (χ2v) is 8.95. The number of carbonyl (C=O) groups is 1. The first-order valence-corrected chi connectivity index (χ1v) is 9.54. The number of hydrogen-bond acceptors (Lipinski definition) is 3. The number of nitrogens with one attached hydrogen (secondary N) is 1. The highest BCUT2D eigenvalue weighted by Crippen LogP contribution is 2.53. The first-order valence-electron chi connectivity index (χ1n) is 9.54. The molecule has 4 heteroatoms. The van der Waals surface area contributed by atoms with Gasteiger partial charge in [-0.25, -0.2) is 4.79 Å². The van der Waals surface area contributed by atoms with E-state index in [-0.39, 0.29) is 22.8 Å². The molecule has 0 atom stereocenters. The fourth-order valence-electron chi connectivity index (χ4n) is 5.27. The molecule has 4 nitrogen and oxygen atoms in total. The molecule has 0 spiro atoms. The minimum atomic E-state index is -0.455. The number of fused-ring (bicyclic) bond motifs is 3. The maximum absolute atomic E-state index is 12.5. The van der Waals surface area contributed by atoms with E-state index in [1.807, 2.05) is 52.0 Å². The smallest absolute Gasteiger partial charge is 0.407 e. The minimum Gasteiger partial charge on any atom is -0.449 e. The molecule has 1 fully saturated rings. The largest absolute Gasteiger partial charge is 0.449 e. The Morgan fingerprint density at radius 1 is 0.963 bits per heavy atom. The normalized spacial score (nSPS) is 24.5. The summed E-state index contributed by atoms with van der Waals surface area (Å²) in [6, 6.07) is 16.5. The summed E-state index contributed by atoms with van der Waals surface area (Å²) in [7, 11) is 0. The summed E-state index contributed by atoms with van der Waals surface area (Å²) in [6.07, 6.45) is -0.876. The van der Waals surface area contributed by atoms with Crippen LogP contribution in [0.3, 0.4) is 0 Å². The summed E-state index contributed by atoms with van der Waals surface area (Å²) in [5, 5.41) is 13.3. The van der Waals surface area contributed by atoms with Crippen LogP contribution in [0.15, 0.2) is 48.5 Å². The van der Waals surface area contributed by atoms with Crippen LogP contribution in [0.5, 0.6) is 0 Å². The minimum absolute atomic E-state index is 0.0520. The van der Waals surface area contributed by atoms with Gasteiger partial charge in [-0.05, 0) is 22.3 Å². The van der Waals surface area contributed by atoms with Gasteiger partial charge in [0.25, 0.3) is 0 Å². The summed E-state index contributed by atoms with van der Waals surface area (Å²) < 4.78 is 5.64. The Kier molecular flexibility index (Phi) is 4.08. The molecule has 2 aliphatic carbocycles. The fraction of sp³-hybridized carbons (Fsp3) is 0.435. The van der Waals surface area contributed by atoms with Crippen molar-refractivity contribution in [1.82, 2.24) is 5.32 Å². The molecule has 0 unspecified atom stereocenters. The van der Waals surface area contributed by atoms with Gasteiger partial charge in [-0.15, -0.1) is 0 Å². The molecule has 1 saturated carbocycles. The van der Waals surface area contributed by atoms with E-state index in [1.165, 1.54) is 22.3 Å². The predicted molar refractivity (Wildman–Crippen MR) is 106 cm³/mol. The third-order valence-corrected chi connectivity index (χ3v) is 6.50. The number of rotatable bonds is 3. The van der Waals surface area contributed by atoms with Crippen molar-refractivity contribution in [1.29, 1.82) is 0 Å². The van der Waals surface area contributed by atoms with Crippen LogP contribution in [0.1, 0.15) is 44.7 Å². The lowest BCUT2D eigenvalue weighted by atomic mass is 9.49. The molecule has 2 aromatic carbocycles. The van der Waals surface area contributed by atoms with Crippen molar-refractivity contribution < 1.29 is 14.6 Å². The molecule has 0 heterocycles. The highest BCUT2D eigenvalue weighted by Gasteiger charge is 2.62. The van der Waals surface area contributed by atoms with E-state index in [1.54, 1.807) is 0 Å². The molecular formula is C23H27NO3. The molecule has 0 aliphatic heterocycles. The SMILES string of the molecule is CC1(C)C(O)C(C)(C)C1NC(=O)OCC1c2ccccc2-c2ccccc21. The third-order valence-electron chi connectivity index (χ3n) is 6.50. The highest BCUT2D eigenvalue weighted by molar-refractivity contribution is 5.79. The number of alkyl carbamates (subject to hydrolysis) is 1. The second-order valence-electron chi connectivity index (χ2n) is 8.95. The monoisotopic (exact) mass is 365 g/mol. The zero-order valence-corrected chi connectivity index (χ0v) is 16.3. The molecule has 1 amide bonds. The standard InChI is InChI=1S/C23H27NO3/c1-22(2)19(23(3,4)20(22)25)24-21(26)27-13-18-16-11-7-5-9-14(16)15-10-6-8-12-17(15)18/h5-12,18-20,25H,13H2,1-4H3,(H,24,26). The maximum atomic E-state index is 12.5. The Labute approximate surface area is 160 Å². The van der Waals surface area contributed by atoms with Gasteiger partial charge in [0.15, 0.2) is 0 Å². The Morgan fingerprint density at radius 2 is 1.44 bits per heavy atom. The molecule has 0 radical (unpaired) electrons. The van der Waals surface area contributed by atoms with Crippen molar-refractivity contribution in [3.8, 4) is 11.1 Å². The van der Waals surface area contributed by atoms with Crippen LogP contribution >= 0.6 is 0 Å². The summed E-state index contributed by atoms with van der Waals surface area (Å²) in [4.78, 5) is 12.5. The van der Waals surface area contributed by atoms with Crippen molar-refractivity contribution in [2.45, 2.75) is 45.8 Å². The van der Waals surface area contributed by atoms with Crippen molar-refractivity contribution in [3.05, 3.63) is 59.7 Å². The van der Waals surface area contributed by atoms with Crippen LogP contribution in [0, 0.1) is 10.8 Å². The van der Waals surface area contributed by atoms with Crippen LogP contribution in [-0.4, -0.2) is 30.0 Å². The number of amides is 1. The van der Waals surface area contributed by atoms with Gasteiger partial charge in [-0.3, -0.25) is 0 Å². The van der Waals surface area contributed by atoms with Gasteiger partial charge in [0.1, 0.15) is 6.61 Å². The zero-order chi connectivity index (χ0) is 19.4. The number of benzene rings is 2. The van der Waals surface area contributed by atoms with E-state index in [0.717, 1.165) is 0 Å². The first-order chi connectivity index (χ1) is 12.7. The van der Waals surface area contributed by atoms with E-state index in [2.05, 4.69) is 29.6 Å². The van der Waals surface area contributed by atoms with Gasteiger partial charge in [0.05, 0.1) is 6.10 Å². The molecule has 2 aromatic rings. The molecule has 27 heavy (non-hydrogen) atoms. The van der Waals surface area contributed by atoms with Crippen molar-refractivity contribution in [2.75, 3.05) is 6.61 Å². The van der Waals surface area contributed by atoms with E-state index < -0.39 is 12.2 Å². The molecule has 142 valence electrons. The molecule has 0 aromatic heterocycles. The lowest BCUT2D eigenvalue weighted by Gasteiger charge is -2.61. The molecule has 2 aliphatic rings. The van der Waals surface area contributed by atoms with Gasteiger partial charge in [-0.1, -0.05) is 76.2 Å². The van der Waals surface area contributed by atoms with E-state index >= 15 is 0 Å². The fourth-order valence-corrected chi connectivity index (χ4v) is 5.27. The van der Waals surface area contributed by atoms with Gasteiger partial charge in [-0.2, -0.15) is 0 Å². The lowest BCUT2D eigenvalue weighted by Crippen LogP contribution is -2.73. The van der Waals surface area contributed by atoms with E-state index in [9.17, 15) is 9.90 Å². The van der Waals surface area contributed by atoms with Crippen LogP contribution < -0.4 is 5.32 Å². The topological polar surface area (TPSA) is 58.6 Å². The number of aliphatic hydroxyl groups excluding tert-OH is 1. The predicted octanol–water partition coefficient (Wildman–Crippen LogP) is 4.32. The second kappa shape index (κ2) is 6.10. The number of hydrogen-bond donors (Lipinski definition) is 2. The van der Waals surface area contributed by atoms with Gasteiger partial charge in [0, 0.05) is 22.8 Å². The quantitative estimate of drug-likeness (QED) is 0.852. The van der Waals surface area contributed by atoms with Gasteiger partial charge >= 0.3 is 6.09 Å². The zero-order valence-electron chi connectivity index (χ0n) is 16.3. The van der Waals surface area contributed by atoms with Gasteiger partial charge < -0.3 is 15.2 Å². The summed E-state index contributed by atoms with van der Waals surface area (Å²) in [6.45, 7) is 8.18. The Bertz CT molecular complexity index is 825. The molecular weight excluding hydrogens is 338 g/mol. The molecule has 0 saturated heterocycles. The van der Waals surface area contributed by atoms with Crippen molar-refractivity contribution in [3.63, 3.8) is 0 Å². The van der Waals surface area contributed by atoms with Crippen LogP contribution in [0.4, 0.5) is 4.79 Å². The average molecular weight is 365 g/mol. The summed E-state index contributed by atoms with van der Waals surface area (Å²) >= 11 is 0. The van der Waals surface area contributed by atoms with Gasteiger partial charge in [0.2, 0.25) is 0 Å². The van der Waals surface area contributed by atoms with Crippen LogP contribution in [0.25, 0.3) is 11.1 Å². The van der Waals surface area contributed by atoms with Crippen LogP contribution in [0.2, 0.25) is 0 Å². The third kappa shape index (κ3) is 2.66. The van der Waals surface area contributed by atoms with Crippen molar-refractivity contribution in [2.24, 2.45) is 10.8 Å². The molecule has 0 bridgehead atoms. The Balaban J connectivity index is 1.47. The molecule has 2 N–H and O–H groups in total. The van der Waals surface area contributed by atoms with Crippen LogP contribution in [-0.2, 0) is 4.74 Å². The van der Waals surface area contributed by atoms with Crippen molar-refractivity contribution >= 4 is 6.09 Å². The molecule has 4 rings (SSSR count). The van der Waals surface area contributed by atoms with E-state index in [0.29, 0.717) is 6.61 Å². The maximum Gasteiger partial charge on any atom is 0.407 e. The summed E-state index contributed by atoms with van der Waals surface area (Å²) in [5.41, 5.74) is 4.10. The average Bonchev–Trinajstić information content (AvgIpc) is 2.97. The lowest BCUT2D eigenvalue weighted by molar-refractivity contribution is -0.180. The Hall–Kier alpha value is -2.33. The highest BCUT2D eigenvalue weighted by atomic mass is 16.5. The van der Waals surface area contributed by atoms with E-state index in [4.69, 9.17) is 4.74 Å². The summed E-state index contributed by atoms with van der Waals surface area (Å²) in [5.74, 6) is 0.0520.